The van der Waals surface area contributed by atoms with Gasteiger partial charge in [0.05, 0.1) is 32.5 Å². The largest absolute Gasteiger partial charge is 0.493 e. The number of hydrogen-bond donors (Lipinski definition) is 1. The maximum Gasteiger partial charge on any atom is 0.318 e. The SMILES string of the molecule is COc1ccc(C2c3cccn3-c3ccccc3CN2C(=O)NCCc2ccccc2)cc1OC. The minimum Gasteiger partial charge on any atom is -0.493 e. The molecular formula is C29H29N3O3. The molecule has 0 radical (unpaired) electrons. The molecule has 2 heterocycles. The van der Waals surface area contributed by atoms with Crippen LogP contribution in [0.4, 0.5) is 4.79 Å². The summed E-state index contributed by atoms with van der Waals surface area (Å²) in [6.45, 7) is 1.04. The van der Waals surface area contributed by atoms with E-state index in [-0.39, 0.29) is 12.1 Å². The highest BCUT2D eigenvalue weighted by molar-refractivity contribution is 5.76. The lowest BCUT2D eigenvalue weighted by Crippen LogP contribution is -2.42. The van der Waals surface area contributed by atoms with Crippen molar-refractivity contribution in [3.63, 3.8) is 0 Å². The van der Waals surface area contributed by atoms with E-state index in [0.717, 1.165) is 28.9 Å². The Hall–Kier alpha value is -4.19. The lowest BCUT2D eigenvalue weighted by Gasteiger charge is -2.31. The van der Waals surface area contributed by atoms with Crippen LogP contribution in [0.3, 0.4) is 0 Å². The van der Waals surface area contributed by atoms with E-state index in [1.807, 2.05) is 59.5 Å². The van der Waals surface area contributed by atoms with Gasteiger partial charge in [0.2, 0.25) is 0 Å². The fraction of sp³-hybridized carbons (Fsp3) is 0.207. The van der Waals surface area contributed by atoms with Gasteiger partial charge in [0.1, 0.15) is 0 Å². The molecule has 1 atom stereocenters. The quantitative estimate of drug-likeness (QED) is 0.416. The molecule has 0 spiro atoms. The van der Waals surface area contributed by atoms with Crippen molar-refractivity contribution in [2.45, 2.75) is 19.0 Å². The molecule has 1 N–H and O–H groups in total. The summed E-state index contributed by atoms with van der Waals surface area (Å²) in [6, 6.07) is 28.0. The second-order valence-corrected chi connectivity index (χ2v) is 8.54. The van der Waals surface area contributed by atoms with Crippen LogP contribution < -0.4 is 14.8 Å². The zero-order valence-electron chi connectivity index (χ0n) is 20.0. The zero-order chi connectivity index (χ0) is 24.2. The Kier molecular flexibility index (Phi) is 6.44. The predicted octanol–water partition coefficient (Wildman–Crippen LogP) is 5.35. The molecule has 1 unspecified atom stereocenters. The van der Waals surface area contributed by atoms with Crippen molar-refractivity contribution in [1.82, 2.24) is 14.8 Å². The fourth-order valence-corrected chi connectivity index (χ4v) is 4.77. The van der Waals surface area contributed by atoms with Gasteiger partial charge in [-0.15, -0.1) is 0 Å². The number of aromatic nitrogens is 1. The number of hydrogen-bond acceptors (Lipinski definition) is 3. The summed E-state index contributed by atoms with van der Waals surface area (Å²) < 4.78 is 13.2. The fourth-order valence-electron chi connectivity index (χ4n) is 4.77. The Morgan fingerprint density at radius 1 is 0.914 bits per heavy atom. The highest BCUT2D eigenvalue weighted by atomic mass is 16.5. The summed E-state index contributed by atoms with van der Waals surface area (Å²) in [6.07, 6.45) is 2.83. The lowest BCUT2D eigenvalue weighted by atomic mass is 10.0. The Morgan fingerprint density at radius 2 is 1.69 bits per heavy atom. The molecule has 1 aliphatic rings. The van der Waals surface area contributed by atoms with Gasteiger partial charge in [-0.05, 0) is 53.4 Å². The monoisotopic (exact) mass is 467 g/mol. The number of para-hydroxylation sites is 1. The molecule has 178 valence electrons. The minimum atomic E-state index is -0.311. The second kappa shape index (κ2) is 9.97. The van der Waals surface area contributed by atoms with E-state index >= 15 is 0 Å². The van der Waals surface area contributed by atoms with Crippen LogP contribution in [0.5, 0.6) is 11.5 Å². The average Bonchev–Trinajstić information content (AvgIpc) is 3.33. The third-order valence-corrected chi connectivity index (χ3v) is 6.48. The minimum absolute atomic E-state index is 0.106. The van der Waals surface area contributed by atoms with E-state index in [1.54, 1.807) is 14.2 Å². The number of fused-ring (bicyclic) bond motifs is 3. The topological polar surface area (TPSA) is 55.7 Å². The molecule has 4 aromatic rings. The number of carbonyl (C=O) groups excluding carboxylic acids is 1. The van der Waals surface area contributed by atoms with Crippen molar-refractivity contribution in [1.29, 1.82) is 0 Å². The summed E-state index contributed by atoms with van der Waals surface area (Å²) in [4.78, 5) is 15.6. The standard InChI is InChI=1S/C29H29N3O3/c1-34-26-15-14-22(19-27(26)35-2)28-25-13-8-18-31(25)24-12-7-6-11-23(24)20-32(28)29(33)30-17-16-21-9-4-3-5-10-21/h3-15,18-19,28H,16-17,20H2,1-2H3,(H,30,33). The van der Waals surface area contributed by atoms with E-state index in [2.05, 4.69) is 46.4 Å². The first-order valence-electron chi connectivity index (χ1n) is 11.8. The van der Waals surface area contributed by atoms with Gasteiger partial charge in [-0.2, -0.15) is 0 Å². The van der Waals surface area contributed by atoms with Crippen LogP contribution in [0, 0.1) is 0 Å². The third kappa shape index (κ3) is 4.47. The number of methoxy groups -OCH3 is 2. The van der Waals surface area contributed by atoms with Crippen molar-refractivity contribution < 1.29 is 14.3 Å². The van der Waals surface area contributed by atoms with Gasteiger partial charge in [0.15, 0.2) is 11.5 Å². The van der Waals surface area contributed by atoms with Crippen molar-refractivity contribution in [3.8, 4) is 17.2 Å². The van der Waals surface area contributed by atoms with Crippen molar-refractivity contribution >= 4 is 6.03 Å². The Labute approximate surface area is 205 Å². The number of rotatable bonds is 6. The zero-order valence-corrected chi connectivity index (χ0v) is 20.0. The molecule has 6 heteroatoms. The highest BCUT2D eigenvalue weighted by Crippen LogP contribution is 2.39. The van der Waals surface area contributed by atoms with E-state index in [9.17, 15) is 4.79 Å². The van der Waals surface area contributed by atoms with Crippen LogP contribution in [-0.2, 0) is 13.0 Å². The Balaban J connectivity index is 1.53. The normalized spacial score (nSPS) is 14.5. The van der Waals surface area contributed by atoms with Gasteiger partial charge < -0.3 is 24.3 Å². The van der Waals surface area contributed by atoms with Crippen LogP contribution in [0.1, 0.15) is 28.4 Å². The maximum absolute atomic E-state index is 13.7. The highest BCUT2D eigenvalue weighted by Gasteiger charge is 2.33. The molecule has 0 saturated carbocycles. The number of nitrogens with zero attached hydrogens (tertiary/aromatic N) is 2. The number of ether oxygens (including phenoxy) is 2. The van der Waals surface area contributed by atoms with Crippen molar-refractivity contribution in [2.24, 2.45) is 0 Å². The molecule has 0 aliphatic carbocycles. The second-order valence-electron chi connectivity index (χ2n) is 8.54. The predicted molar refractivity (Wildman–Crippen MR) is 136 cm³/mol. The number of carbonyl (C=O) groups is 1. The number of urea groups is 1. The van der Waals surface area contributed by atoms with Crippen LogP contribution in [0.2, 0.25) is 0 Å². The van der Waals surface area contributed by atoms with Crippen molar-refractivity contribution in [3.05, 3.63) is 114 Å². The summed E-state index contributed by atoms with van der Waals surface area (Å²) in [5.41, 5.74) is 5.33. The molecule has 0 saturated heterocycles. The van der Waals surface area contributed by atoms with Gasteiger partial charge in [-0.3, -0.25) is 0 Å². The average molecular weight is 468 g/mol. The van der Waals surface area contributed by atoms with Crippen LogP contribution in [0.25, 0.3) is 5.69 Å². The van der Waals surface area contributed by atoms with E-state index < -0.39 is 0 Å². The lowest BCUT2D eigenvalue weighted by molar-refractivity contribution is 0.180. The summed E-state index contributed by atoms with van der Waals surface area (Å²) in [5.74, 6) is 1.29. The van der Waals surface area contributed by atoms with Gasteiger partial charge in [0.25, 0.3) is 0 Å². The summed E-state index contributed by atoms with van der Waals surface area (Å²) >= 11 is 0. The molecule has 0 bridgehead atoms. The van der Waals surface area contributed by atoms with E-state index in [0.29, 0.717) is 24.6 Å². The van der Waals surface area contributed by atoms with E-state index in [1.165, 1.54) is 5.56 Å². The van der Waals surface area contributed by atoms with Gasteiger partial charge in [-0.25, -0.2) is 4.79 Å². The summed E-state index contributed by atoms with van der Waals surface area (Å²) in [7, 11) is 3.25. The maximum atomic E-state index is 13.7. The molecule has 0 fully saturated rings. The number of nitrogens with one attached hydrogen (secondary N) is 1. The van der Waals surface area contributed by atoms with Gasteiger partial charge in [0, 0.05) is 18.4 Å². The first kappa shape index (κ1) is 22.6. The van der Waals surface area contributed by atoms with Gasteiger partial charge in [-0.1, -0.05) is 54.6 Å². The molecule has 6 nitrogen and oxygen atoms in total. The molecular weight excluding hydrogens is 438 g/mol. The first-order valence-corrected chi connectivity index (χ1v) is 11.8. The van der Waals surface area contributed by atoms with Crippen LogP contribution in [0.15, 0.2) is 91.1 Å². The molecule has 35 heavy (non-hydrogen) atoms. The third-order valence-electron chi connectivity index (χ3n) is 6.48. The van der Waals surface area contributed by atoms with Gasteiger partial charge >= 0.3 is 6.03 Å². The Morgan fingerprint density at radius 3 is 2.49 bits per heavy atom. The van der Waals surface area contributed by atoms with Crippen LogP contribution >= 0.6 is 0 Å². The first-order chi connectivity index (χ1) is 17.2. The molecule has 5 rings (SSSR count). The Bertz CT molecular complexity index is 1320. The van der Waals surface area contributed by atoms with E-state index in [4.69, 9.17) is 9.47 Å². The molecule has 1 aromatic heterocycles. The number of benzene rings is 3. The van der Waals surface area contributed by atoms with Crippen molar-refractivity contribution in [2.75, 3.05) is 20.8 Å². The number of amides is 2. The molecule has 3 aromatic carbocycles. The summed E-state index contributed by atoms with van der Waals surface area (Å²) in [5, 5.41) is 3.16. The van der Waals surface area contributed by atoms with Crippen LogP contribution in [-0.4, -0.2) is 36.3 Å². The molecule has 2 amide bonds. The molecule has 1 aliphatic heterocycles. The smallest absolute Gasteiger partial charge is 0.318 e.